The van der Waals surface area contributed by atoms with Crippen LogP contribution in [0.5, 0.6) is 0 Å². The summed E-state index contributed by atoms with van der Waals surface area (Å²) in [5.41, 5.74) is 5.18. The molecule has 13 heavy (non-hydrogen) atoms. The van der Waals surface area contributed by atoms with E-state index in [-0.39, 0.29) is 5.41 Å². The molecule has 0 bridgehead atoms. The lowest BCUT2D eigenvalue weighted by atomic mass is 9.87. The lowest BCUT2D eigenvalue weighted by Crippen LogP contribution is -2.16. The Morgan fingerprint density at radius 1 is 1.08 bits per heavy atom. The summed E-state index contributed by atoms with van der Waals surface area (Å²) < 4.78 is 0. The van der Waals surface area contributed by atoms with E-state index in [1.807, 2.05) is 0 Å². The van der Waals surface area contributed by atoms with Gasteiger partial charge < -0.3 is 0 Å². The van der Waals surface area contributed by atoms with E-state index in [2.05, 4.69) is 52.6 Å². The zero-order chi connectivity index (χ0) is 10.2. The smallest absolute Gasteiger partial charge is 0.0491 e. The summed E-state index contributed by atoms with van der Waals surface area (Å²) >= 11 is 0. The molecule has 0 amide bonds. The fourth-order valence-corrected chi connectivity index (χ4v) is 1.63. The SMILES string of the molecule is Cc1cc(C)c(C)c(C(C)(C)C)n1. The molecule has 1 nitrogen and oxygen atoms in total. The van der Waals surface area contributed by atoms with Gasteiger partial charge in [0, 0.05) is 16.8 Å². The van der Waals surface area contributed by atoms with Crippen molar-refractivity contribution < 1.29 is 0 Å². The van der Waals surface area contributed by atoms with Crippen LogP contribution < -0.4 is 0 Å². The monoisotopic (exact) mass is 177 g/mol. The molecule has 1 heterocycles. The van der Waals surface area contributed by atoms with E-state index < -0.39 is 0 Å². The first-order chi connectivity index (χ1) is 5.82. The fraction of sp³-hybridized carbons (Fsp3) is 0.583. The predicted molar refractivity (Wildman–Crippen MR) is 57.1 cm³/mol. The number of hydrogen-bond donors (Lipinski definition) is 0. The van der Waals surface area contributed by atoms with Crippen molar-refractivity contribution in [2.24, 2.45) is 0 Å². The Labute approximate surface area is 81.2 Å². The van der Waals surface area contributed by atoms with Crippen molar-refractivity contribution in [3.8, 4) is 0 Å². The Kier molecular flexibility index (Phi) is 2.47. The second kappa shape index (κ2) is 3.13. The van der Waals surface area contributed by atoms with Gasteiger partial charge >= 0.3 is 0 Å². The third-order valence-corrected chi connectivity index (χ3v) is 2.37. The van der Waals surface area contributed by atoms with Gasteiger partial charge in [0.1, 0.15) is 0 Å². The lowest BCUT2D eigenvalue weighted by Gasteiger charge is -2.22. The second-order valence-corrected chi connectivity index (χ2v) is 4.80. The van der Waals surface area contributed by atoms with Crippen molar-refractivity contribution in [2.75, 3.05) is 0 Å². The summed E-state index contributed by atoms with van der Waals surface area (Å²) in [7, 11) is 0. The molecule has 0 N–H and O–H groups in total. The average molecular weight is 177 g/mol. The molecular weight excluding hydrogens is 158 g/mol. The number of rotatable bonds is 0. The summed E-state index contributed by atoms with van der Waals surface area (Å²) in [6.07, 6.45) is 0. The first-order valence-corrected chi connectivity index (χ1v) is 4.77. The highest BCUT2D eigenvalue weighted by Gasteiger charge is 2.19. The largest absolute Gasteiger partial charge is 0.257 e. The van der Waals surface area contributed by atoms with Crippen molar-refractivity contribution >= 4 is 0 Å². The molecule has 1 rings (SSSR count). The number of aromatic nitrogens is 1. The Morgan fingerprint density at radius 3 is 2.08 bits per heavy atom. The molecule has 0 aliphatic rings. The molecule has 0 aliphatic heterocycles. The van der Waals surface area contributed by atoms with Crippen molar-refractivity contribution in [3.63, 3.8) is 0 Å². The van der Waals surface area contributed by atoms with Crippen molar-refractivity contribution in [1.82, 2.24) is 4.98 Å². The highest BCUT2D eigenvalue weighted by Crippen LogP contribution is 2.25. The van der Waals surface area contributed by atoms with E-state index in [4.69, 9.17) is 0 Å². The number of pyridine rings is 1. The van der Waals surface area contributed by atoms with Crippen LogP contribution in [0.2, 0.25) is 0 Å². The topological polar surface area (TPSA) is 12.9 Å². The number of aryl methyl sites for hydroxylation is 2. The van der Waals surface area contributed by atoms with E-state index in [0.717, 1.165) is 5.69 Å². The summed E-state index contributed by atoms with van der Waals surface area (Å²) in [5.74, 6) is 0. The minimum atomic E-state index is 0.154. The fourth-order valence-electron chi connectivity index (χ4n) is 1.63. The molecule has 0 aliphatic carbocycles. The van der Waals surface area contributed by atoms with E-state index >= 15 is 0 Å². The van der Waals surface area contributed by atoms with E-state index in [9.17, 15) is 0 Å². The minimum absolute atomic E-state index is 0.154. The third kappa shape index (κ3) is 2.09. The van der Waals surface area contributed by atoms with Crippen LogP contribution in [-0.2, 0) is 5.41 Å². The molecule has 1 heteroatoms. The third-order valence-electron chi connectivity index (χ3n) is 2.37. The van der Waals surface area contributed by atoms with Crippen molar-refractivity contribution in [2.45, 2.75) is 47.0 Å². The number of nitrogens with zero attached hydrogens (tertiary/aromatic N) is 1. The van der Waals surface area contributed by atoms with Gasteiger partial charge in [0.25, 0.3) is 0 Å². The number of hydrogen-bond acceptors (Lipinski definition) is 1. The van der Waals surface area contributed by atoms with Gasteiger partial charge in [-0.1, -0.05) is 20.8 Å². The second-order valence-electron chi connectivity index (χ2n) is 4.80. The maximum atomic E-state index is 4.60. The van der Waals surface area contributed by atoms with Crippen LogP contribution in [0.15, 0.2) is 6.07 Å². The first kappa shape index (κ1) is 10.2. The molecule has 0 atom stereocenters. The first-order valence-electron chi connectivity index (χ1n) is 4.77. The van der Waals surface area contributed by atoms with Gasteiger partial charge in [0.05, 0.1) is 0 Å². The van der Waals surface area contributed by atoms with Crippen LogP contribution in [0, 0.1) is 20.8 Å². The van der Waals surface area contributed by atoms with Gasteiger partial charge in [0.15, 0.2) is 0 Å². The van der Waals surface area contributed by atoms with Gasteiger partial charge in [-0.3, -0.25) is 4.98 Å². The Balaban J connectivity index is 3.37. The zero-order valence-electron chi connectivity index (χ0n) is 9.52. The zero-order valence-corrected chi connectivity index (χ0v) is 9.52. The van der Waals surface area contributed by atoms with Gasteiger partial charge in [-0.25, -0.2) is 0 Å². The lowest BCUT2D eigenvalue weighted by molar-refractivity contribution is 0.561. The maximum Gasteiger partial charge on any atom is 0.0491 e. The summed E-state index contributed by atoms with van der Waals surface area (Å²) in [6.45, 7) is 13.0. The molecule has 0 aromatic carbocycles. The Bertz CT molecular complexity index is 319. The van der Waals surface area contributed by atoms with Crippen molar-refractivity contribution in [3.05, 3.63) is 28.6 Å². The van der Waals surface area contributed by atoms with Crippen LogP contribution in [0.4, 0.5) is 0 Å². The molecule has 0 fully saturated rings. The van der Waals surface area contributed by atoms with Gasteiger partial charge in [-0.15, -0.1) is 0 Å². The Morgan fingerprint density at radius 2 is 1.62 bits per heavy atom. The quantitative estimate of drug-likeness (QED) is 0.592. The maximum absolute atomic E-state index is 4.60. The van der Waals surface area contributed by atoms with Crippen LogP contribution in [0.3, 0.4) is 0 Å². The molecule has 0 spiro atoms. The molecule has 72 valence electrons. The molecule has 0 unspecified atom stereocenters. The van der Waals surface area contributed by atoms with Crippen LogP contribution >= 0.6 is 0 Å². The van der Waals surface area contributed by atoms with E-state index in [1.165, 1.54) is 16.8 Å². The van der Waals surface area contributed by atoms with Crippen LogP contribution in [0.1, 0.15) is 43.3 Å². The molecular formula is C12H19N. The van der Waals surface area contributed by atoms with Gasteiger partial charge in [-0.05, 0) is 38.0 Å². The molecule has 1 aromatic heterocycles. The highest BCUT2D eigenvalue weighted by atomic mass is 14.7. The summed E-state index contributed by atoms with van der Waals surface area (Å²) in [5, 5.41) is 0. The highest BCUT2D eigenvalue weighted by molar-refractivity contribution is 5.33. The average Bonchev–Trinajstić information content (AvgIpc) is 1.94. The van der Waals surface area contributed by atoms with Crippen LogP contribution in [0.25, 0.3) is 0 Å². The standard InChI is InChI=1S/C12H19N/c1-8-7-9(2)13-11(10(8)3)12(4,5)6/h7H,1-6H3. The van der Waals surface area contributed by atoms with Gasteiger partial charge in [-0.2, -0.15) is 0 Å². The Hall–Kier alpha value is -0.850. The molecule has 0 saturated heterocycles. The van der Waals surface area contributed by atoms with E-state index in [0.29, 0.717) is 0 Å². The van der Waals surface area contributed by atoms with Crippen LogP contribution in [-0.4, -0.2) is 4.98 Å². The van der Waals surface area contributed by atoms with E-state index in [1.54, 1.807) is 0 Å². The van der Waals surface area contributed by atoms with Gasteiger partial charge in [0.2, 0.25) is 0 Å². The molecule has 0 radical (unpaired) electrons. The van der Waals surface area contributed by atoms with Crippen molar-refractivity contribution in [1.29, 1.82) is 0 Å². The molecule has 0 saturated carbocycles. The summed E-state index contributed by atoms with van der Waals surface area (Å²) in [4.78, 5) is 4.60. The summed E-state index contributed by atoms with van der Waals surface area (Å²) in [6, 6.07) is 2.14. The normalized spacial score (nSPS) is 11.8. The predicted octanol–water partition coefficient (Wildman–Crippen LogP) is 3.30. The minimum Gasteiger partial charge on any atom is -0.257 e. The molecule has 1 aromatic rings.